The summed E-state index contributed by atoms with van der Waals surface area (Å²) < 4.78 is 39.1. The highest BCUT2D eigenvalue weighted by molar-refractivity contribution is 5.33. The molecule has 2 rings (SSSR count). The Balaban J connectivity index is 0.00000106. The third kappa shape index (κ3) is 5.32. The largest absolute Gasteiger partial charge is 0.416 e. The molecule has 0 aliphatic carbocycles. The van der Waals surface area contributed by atoms with Crippen LogP contribution in [0.4, 0.5) is 13.2 Å². The summed E-state index contributed by atoms with van der Waals surface area (Å²) in [6.07, 6.45) is -4.28. The maximum Gasteiger partial charge on any atom is 0.416 e. The first-order chi connectivity index (χ1) is 9.86. The highest BCUT2D eigenvalue weighted by Crippen LogP contribution is 2.33. The molecule has 1 fully saturated rings. The summed E-state index contributed by atoms with van der Waals surface area (Å²) >= 11 is 0. The quantitative estimate of drug-likeness (QED) is 0.893. The van der Waals surface area contributed by atoms with E-state index in [1.54, 1.807) is 19.1 Å². The van der Waals surface area contributed by atoms with Crippen LogP contribution in [-0.4, -0.2) is 30.6 Å². The highest BCUT2D eigenvalue weighted by atomic mass is 19.4. The van der Waals surface area contributed by atoms with E-state index in [0.717, 1.165) is 19.6 Å². The van der Waals surface area contributed by atoms with Gasteiger partial charge < -0.3 is 5.32 Å². The molecule has 2 nitrogen and oxygen atoms in total. The molecule has 21 heavy (non-hydrogen) atoms. The summed E-state index contributed by atoms with van der Waals surface area (Å²) in [4.78, 5) is 2.07. The van der Waals surface area contributed by atoms with Crippen molar-refractivity contribution in [1.82, 2.24) is 10.2 Å². The predicted octanol–water partition coefficient (Wildman–Crippen LogP) is 3.83. The van der Waals surface area contributed by atoms with Crippen LogP contribution in [0.15, 0.2) is 18.2 Å². The molecular formula is C16H25F3N2. The van der Waals surface area contributed by atoms with Gasteiger partial charge in [-0.25, -0.2) is 0 Å². The van der Waals surface area contributed by atoms with Crippen LogP contribution in [0.2, 0.25) is 0 Å². The van der Waals surface area contributed by atoms with Gasteiger partial charge in [-0.15, -0.1) is 0 Å². The van der Waals surface area contributed by atoms with E-state index in [0.29, 0.717) is 23.7 Å². The Bertz CT molecular complexity index is 444. The lowest BCUT2D eigenvalue weighted by atomic mass is 10.0. The Hall–Kier alpha value is -1.07. The van der Waals surface area contributed by atoms with Gasteiger partial charge in [0.25, 0.3) is 0 Å². The first-order valence-electron chi connectivity index (χ1n) is 7.49. The highest BCUT2D eigenvalue weighted by Gasteiger charge is 2.33. The van der Waals surface area contributed by atoms with Crippen LogP contribution >= 0.6 is 0 Å². The molecule has 120 valence electrons. The average molecular weight is 302 g/mol. The maximum atomic E-state index is 13.0. The Kier molecular flexibility index (Phi) is 6.68. The number of benzene rings is 1. The zero-order valence-electron chi connectivity index (χ0n) is 13.2. The SMILES string of the molecule is CC.Cc1ccc(CN2CCNC(C)C2)c(C(F)(F)F)c1. The van der Waals surface area contributed by atoms with Gasteiger partial charge in [0.05, 0.1) is 5.56 Å². The minimum Gasteiger partial charge on any atom is -0.312 e. The summed E-state index contributed by atoms with van der Waals surface area (Å²) in [6, 6.07) is 4.91. The van der Waals surface area contributed by atoms with Gasteiger partial charge in [0, 0.05) is 32.2 Å². The van der Waals surface area contributed by atoms with Gasteiger partial charge in [0.15, 0.2) is 0 Å². The van der Waals surface area contributed by atoms with Crippen LogP contribution in [-0.2, 0) is 12.7 Å². The number of hydrogen-bond donors (Lipinski definition) is 1. The second-order valence-electron chi connectivity index (χ2n) is 5.25. The van der Waals surface area contributed by atoms with Crippen LogP contribution in [0.3, 0.4) is 0 Å². The van der Waals surface area contributed by atoms with Gasteiger partial charge >= 0.3 is 6.18 Å². The number of alkyl halides is 3. The molecule has 0 saturated carbocycles. The van der Waals surface area contributed by atoms with Gasteiger partial charge in [-0.3, -0.25) is 4.90 Å². The average Bonchev–Trinajstić information content (AvgIpc) is 2.42. The van der Waals surface area contributed by atoms with E-state index in [1.165, 1.54) is 6.07 Å². The van der Waals surface area contributed by atoms with Crippen molar-refractivity contribution in [3.8, 4) is 0 Å². The van der Waals surface area contributed by atoms with E-state index in [1.807, 2.05) is 20.8 Å². The van der Waals surface area contributed by atoms with Crippen molar-refractivity contribution in [2.45, 2.75) is 46.5 Å². The molecule has 0 aromatic heterocycles. The van der Waals surface area contributed by atoms with Crippen LogP contribution in [0.1, 0.15) is 37.5 Å². The summed E-state index contributed by atoms with van der Waals surface area (Å²) in [5, 5.41) is 3.29. The fourth-order valence-electron chi connectivity index (χ4n) is 2.49. The van der Waals surface area contributed by atoms with Crippen molar-refractivity contribution in [1.29, 1.82) is 0 Å². The number of halogens is 3. The van der Waals surface area contributed by atoms with Gasteiger partial charge in [-0.05, 0) is 25.5 Å². The lowest BCUT2D eigenvalue weighted by molar-refractivity contribution is -0.138. The van der Waals surface area contributed by atoms with Crippen molar-refractivity contribution >= 4 is 0 Å². The number of hydrogen-bond acceptors (Lipinski definition) is 2. The Morgan fingerprint density at radius 1 is 1.29 bits per heavy atom. The third-order valence-electron chi connectivity index (χ3n) is 3.42. The summed E-state index contributed by atoms with van der Waals surface area (Å²) in [5.41, 5.74) is 0.510. The number of rotatable bonds is 2. The fraction of sp³-hybridized carbons (Fsp3) is 0.625. The van der Waals surface area contributed by atoms with E-state index in [9.17, 15) is 13.2 Å². The molecule has 0 spiro atoms. The Labute approximate surface area is 125 Å². The number of nitrogens with one attached hydrogen (secondary N) is 1. The van der Waals surface area contributed by atoms with Crippen LogP contribution in [0.5, 0.6) is 0 Å². The first kappa shape index (κ1) is 18.0. The molecule has 1 heterocycles. The molecule has 1 N–H and O–H groups in total. The second-order valence-corrected chi connectivity index (χ2v) is 5.25. The van der Waals surface area contributed by atoms with Crippen LogP contribution in [0.25, 0.3) is 0 Å². The van der Waals surface area contributed by atoms with Gasteiger partial charge in [0.2, 0.25) is 0 Å². The zero-order valence-corrected chi connectivity index (χ0v) is 13.2. The minimum atomic E-state index is -4.28. The molecule has 1 aromatic carbocycles. The lowest BCUT2D eigenvalue weighted by Crippen LogP contribution is -2.48. The molecule has 1 aromatic rings. The molecule has 1 saturated heterocycles. The third-order valence-corrected chi connectivity index (χ3v) is 3.42. The fourth-order valence-corrected chi connectivity index (χ4v) is 2.49. The van der Waals surface area contributed by atoms with Gasteiger partial charge in [0.1, 0.15) is 0 Å². The van der Waals surface area contributed by atoms with Crippen molar-refractivity contribution in [3.05, 3.63) is 34.9 Å². The number of aryl methyl sites for hydroxylation is 1. The summed E-state index contributed by atoms with van der Waals surface area (Å²) in [6.45, 7) is 10.5. The molecule has 1 aliphatic heterocycles. The van der Waals surface area contributed by atoms with E-state index in [2.05, 4.69) is 10.2 Å². The predicted molar refractivity (Wildman–Crippen MR) is 80.3 cm³/mol. The molecule has 1 atom stereocenters. The maximum absolute atomic E-state index is 13.0. The molecular weight excluding hydrogens is 277 g/mol. The molecule has 1 aliphatic rings. The summed E-state index contributed by atoms with van der Waals surface area (Å²) in [7, 11) is 0. The lowest BCUT2D eigenvalue weighted by Gasteiger charge is -2.32. The minimum absolute atomic E-state index is 0.327. The molecule has 1 unspecified atom stereocenters. The number of nitrogens with zero attached hydrogens (tertiary/aromatic N) is 1. The Morgan fingerprint density at radius 3 is 2.52 bits per heavy atom. The molecule has 0 bridgehead atoms. The Morgan fingerprint density at radius 2 is 1.95 bits per heavy atom. The van der Waals surface area contributed by atoms with Crippen molar-refractivity contribution in [3.63, 3.8) is 0 Å². The number of piperazine rings is 1. The van der Waals surface area contributed by atoms with Crippen molar-refractivity contribution in [2.75, 3.05) is 19.6 Å². The van der Waals surface area contributed by atoms with Crippen molar-refractivity contribution < 1.29 is 13.2 Å². The van der Waals surface area contributed by atoms with Gasteiger partial charge in [-0.1, -0.05) is 31.5 Å². The summed E-state index contributed by atoms with van der Waals surface area (Å²) in [5.74, 6) is 0. The molecule has 0 amide bonds. The second kappa shape index (κ2) is 7.80. The van der Waals surface area contributed by atoms with Crippen LogP contribution < -0.4 is 5.32 Å². The van der Waals surface area contributed by atoms with Crippen molar-refractivity contribution in [2.24, 2.45) is 0 Å². The smallest absolute Gasteiger partial charge is 0.312 e. The van der Waals surface area contributed by atoms with E-state index < -0.39 is 11.7 Å². The van der Waals surface area contributed by atoms with E-state index in [4.69, 9.17) is 0 Å². The standard InChI is InChI=1S/C14H19F3N2.C2H6/c1-10-3-4-12(13(7-10)14(15,16)17)9-19-6-5-18-11(2)8-19;1-2/h3-4,7,11,18H,5-6,8-9H2,1-2H3;1-2H3. The monoisotopic (exact) mass is 302 g/mol. The first-order valence-corrected chi connectivity index (χ1v) is 7.49. The molecule has 5 heteroatoms. The van der Waals surface area contributed by atoms with Crippen LogP contribution in [0, 0.1) is 6.92 Å². The normalized spacial score (nSPS) is 19.9. The topological polar surface area (TPSA) is 15.3 Å². The zero-order chi connectivity index (χ0) is 16.0. The van der Waals surface area contributed by atoms with E-state index >= 15 is 0 Å². The molecule has 0 radical (unpaired) electrons. The van der Waals surface area contributed by atoms with Gasteiger partial charge in [-0.2, -0.15) is 13.2 Å². The van der Waals surface area contributed by atoms with E-state index in [-0.39, 0.29) is 0 Å².